The van der Waals surface area contributed by atoms with E-state index in [4.69, 9.17) is 9.72 Å². The number of rotatable bonds is 7. The van der Waals surface area contributed by atoms with Crippen LogP contribution in [-0.2, 0) is 13.2 Å². The highest BCUT2D eigenvalue weighted by Gasteiger charge is 2.35. The highest BCUT2D eigenvalue weighted by Crippen LogP contribution is 2.40. The number of aliphatic hydroxyl groups is 2. The molecule has 0 saturated heterocycles. The lowest BCUT2D eigenvalue weighted by Gasteiger charge is -2.32. The number of hydrogen-bond acceptors (Lipinski definition) is 5. The zero-order chi connectivity index (χ0) is 26.1. The van der Waals surface area contributed by atoms with E-state index in [0.29, 0.717) is 39.9 Å². The number of aliphatic hydroxyl groups excluding tert-OH is 1. The van der Waals surface area contributed by atoms with E-state index in [1.165, 1.54) is 12.1 Å². The van der Waals surface area contributed by atoms with Crippen molar-refractivity contribution in [2.45, 2.75) is 58.0 Å². The Labute approximate surface area is 222 Å². The second kappa shape index (κ2) is 10.8. The summed E-state index contributed by atoms with van der Waals surface area (Å²) in [5.74, 6) is -0.843. The van der Waals surface area contributed by atoms with Gasteiger partial charge in [-0.05, 0) is 55.7 Å². The van der Waals surface area contributed by atoms with Crippen molar-refractivity contribution in [3.05, 3.63) is 87.4 Å². The Morgan fingerprint density at radius 3 is 2.54 bits per heavy atom. The summed E-state index contributed by atoms with van der Waals surface area (Å²) in [6.45, 7) is 2.14. The van der Waals surface area contributed by atoms with Gasteiger partial charge < -0.3 is 19.5 Å². The van der Waals surface area contributed by atoms with Gasteiger partial charge in [0.15, 0.2) is 6.29 Å². The first-order valence-corrected chi connectivity index (χ1v) is 13.1. The molecule has 2 atom stereocenters. The third-order valence-electron chi connectivity index (χ3n) is 7.06. The predicted molar refractivity (Wildman–Crippen MR) is 139 cm³/mol. The van der Waals surface area contributed by atoms with Crippen LogP contribution in [0.15, 0.2) is 53.1 Å². The van der Waals surface area contributed by atoms with E-state index in [1.54, 1.807) is 16.8 Å². The normalized spacial score (nSPS) is 18.0. The predicted octanol–water partition coefficient (Wildman–Crippen LogP) is 5.99. The lowest BCUT2D eigenvalue weighted by molar-refractivity contribution is -0.100. The zero-order valence-electron chi connectivity index (χ0n) is 20.4. The van der Waals surface area contributed by atoms with Crippen LogP contribution < -0.4 is 4.74 Å². The lowest BCUT2D eigenvalue weighted by Crippen LogP contribution is -2.31. The van der Waals surface area contributed by atoms with Gasteiger partial charge in [0.05, 0.1) is 23.3 Å². The molecule has 4 aromatic rings. The molecule has 194 valence electrons. The molecule has 0 amide bonds. The van der Waals surface area contributed by atoms with E-state index in [2.05, 4.69) is 20.9 Å². The van der Waals surface area contributed by atoms with Crippen LogP contribution >= 0.6 is 15.9 Å². The van der Waals surface area contributed by atoms with E-state index in [-0.39, 0.29) is 24.6 Å². The topological polar surface area (TPSA) is 80.4 Å². The van der Waals surface area contributed by atoms with Crippen LogP contribution in [0.2, 0.25) is 0 Å². The van der Waals surface area contributed by atoms with Crippen molar-refractivity contribution in [1.29, 1.82) is 0 Å². The van der Waals surface area contributed by atoms with Crippen LogP contribution in [0.1, 0.15) is 54.2 Å². The van der Waals surface area contributed by atoms with Crippen LogP contribution in [0.4, 0.5) is 8.78 Å². The van der Waals surface area contributed by atoms with Crippen molar-refractivity contribution in [2.75, 3.05) is 0 Å². The number of aromatic nitrogens is 3. The molecule has 1 saturated carbocycles. The highest BCUT2D eigenvalue weighted by atomic mass is 79.9. The maximum absolute atomic E-state index is 14.9. The van der Waals surface area contributed by atoms with E-state index in [1.807, 2.05) is 31.2 Å². The van der Waals surface area contributed by atoms with E-state index >= 15 is 0 Å². The van der Waals surface area contributed by atoms with Gasteiger partial charge in [0.25, 0.3) is 0 Å². The minimum absolute atomic E-state index is 0.0872. The average Bonchev–Trinajstić information content (AvgIpc) is 3.23. The number of fused-ring (bicyclic) bond motifs is 1. The molecule has 0 radical (unpaired) electrons. The minimum atomic E-state index is -1.50. The Hall–Kier alpha value is -2.88. The number of pyridine rings is 1. The highest BCUT2D eigenvalue weighted by molar-refractivity contribution is 9.10. The Bertz CT molecular complexity index is 1390. The number of hydrogen-bond donors (Lipinski definition) is 2. The molecule has 2 aromatic carbocycles. The first-order valence-electron chi connectivity index (χ1n) is 12.3. The summed E-state index contributed by atoms with van der Waals surface area (Å²) in [6.07, 6.45) is 3.43. The Morgan fingerprint density at radius 2 is 1.84 bits per heavy atom. The quantitative estimate of drug-likeness (QED) is 0.266. The van der Waals surface area contributed by atoms with Crippen molar-refractivity contribution < 1.29 is 23.7 Å². The number of halogens is 3. The van der Waals surface area contributed by atoms with Crippen LogP contribution in [0, 0.1) is 24.5 Å². The van der Waals surface area contributed by atoms with Crippen molar-refractivity contribution >= 4 is 27.0 Å². The summed E-state index contributed by atoms with van der Waals surface area (Å²) in [5, 5.41) is 20.2. The number of aryl methyl sites for hydroxylation is 1. The number of ether oxygens (including phenoxy) is 1. The molecule has 2 heterocycles. The molecule has 5 rings (SSSR count). The minimum Gasteiger partial charge on any atom is -0.487 e. The van der Waals surface area contributed by atoms with E-state index < -0.39 is 23.8 Å². The monoisotopic (exact) mass is 571 g/mol. The smallest absolute Gasteiger partial charge is 0.154 e. The van der Waals surface area contributed by atoms with Gasteiger partial charge in [0.1, 0.15) is 29.8 Å². The van der Waals surface area contributed by atoms with Gasteiger partial charge in [-0.1, -0.05) is 34.8 Å². The number of benzene rings is 2. The Balaban J connectivity index is 1.56. The summed E-state index contributed by atoms with van der Waals surface area (Å²) in [6, 6.07) is 11.8. The third kappa shape index (κ3) is 5.54. The van der Waals surface area contributed by atoms with Crippen LogP contribution in [0.25, 0.3) is 11.0 Å². The molecule has 1 fully saturated rings. The maximum atomic E-state index is 14.9. The third-order valence-corrected chi connectivity index (χ3v) is 7.52. The summed E-state index contributed by atoms with van der Waals surface area (Å²) < 4.78 is 37.9. The summed E-state index contributed by atoms with van der Waals surface area (Å²) >= 11 is 3.14. The average molecular weight is 572 g/mol. The molecular weight excluding hydrogens is 544 g/mol. The molecule has 2 aromatic heterocycles. The fourth-order valence-corrected chi connectivity index (χ4v) is 5.52. The number of nitrogens with zero attached hydrogens (tertiary/aromatic N) is 3. The molecule has 0 spiro atoms. The van der Waals surface area contributed by atoms with Crippen molar-refractivity contribution in [2.24, 2.45) is 5.92 Å². The summed E-state index contributed by atoms with van der Waals surface area (Å²) in [5.41, 5.74) is 3.05. The van der Waals surface area contributed by atoms with E-state index in [9.17, 15) is 19.0 Å². The van der Waals surface area contributed by atoms with Gasteiger partial charge in [0, 0.05) is 34.1 Å². The summed E-state index contributed by atoms with van der Waals surface area (Å²) in [4.78, 5) is 9.20. The van der Waals surface area contributed by atoms with Gasteiger partial charge in [-0.15, -0.1) is 0 Å². The van der Waals surface area contributed by atoms with Crippen LogP contribution in [-0.4, -0.2) is 31.0 Å². The second-order valence-electron chi connectivity index (χ2n) is 9.64. The van der Waals surface area contributed by atoms with Gasteiger partial charge >= 0.3 is 0 Å². The van der Waals surface area contributed by atoms with Crippen molar-refractivity contribution in [3.63, 3.8) is 0 Å². The van der Waals surface area contributed by atoms with Crippen molar-refractivity contribution in [3.8, 4) is 5.75 Å². The molecule has 0 aliphatic heterocycles. The maximum Gasteiger partial charge on any atom is 0.154 e. The largest absolute Gasteiger partial charge is 0.487 e. The first kappa shape index (κ1) is 25.8. The fourth-order valence-electron chi connectivity index (χ4n) is 5.12. The second-order valence-corrected chi connectivity index (χ2v) is 10.6. The SMILES string of the molecule is Cc1ccc(COc2ccc3nc([C@H]4CCCC[C@H]4C(O)O)n(Cc4c(F)cc(Br)cc4F)c3c2)nc1. The molecule has 6 nitrogen and oxygen atoms in total. The van der Waals surface area contributed by atoms with Crippen LogP contribution in [0.3, 0.4) is 0 Å². The molecule has 2 N–H and O–H groups in total. The van der Waals surface area contributed by atoms with Gasteiger partial charge in [-0.2, -0.15) is 0 Å². The standard InChI is InChI=1S/C28H28BrF2N3O3/c1-16-6-7-18(32-13-16)15-37-19-8-9-25-26(12-19)34(14-22-23(30)10-17(29)11-24(22)31)27(33-25)20-4-2-3-5-21(20)28(35)36/h6-13,20-21,28,35-36H,2-5,14-15H2,1H3/t20-,21+/m0/s1. The van der Waals surface area contributed by atoms with Gasteiger partial charge in [-0.3, -0.25) is 4.98 Å². The number of imidazole rings is 1. The molecule has 0 bridgehead atoms. The van der Waals surface area contributed by atoms with Gasteiger partial charge in [-0.25, -0.2) is 13.8 Å². The fraction of sp³-hybridized carbons (Fsp3) is 0.357. The molecule has 37 heavy (non-hydrogen) atoms. The van der Waals surface area contributed by atoms with Gasteiger partial charge in [0.2, 0.25) is 0 Å². The lowest BCUT2D eigenvalue weighted by atomic mass is 9.78. The zero-order valence-corrected chi connectivity index (χ0v) is 22.0. The molecule has 1 aliphatic rings. The molecule has 9 heteroatoms. The Kier molecular flexibility index (Phi) is 7.55. The van der Waals surface area contributed by atoms with Crippen molar-refractivity contribution in [1.82, 2.24) is 14.5 Å². The molecule has 1 aliphatic carbocycles. The van der Waals surface area contributed by atoms with Crippen LogP contribution in [0.5, 0.6) is 5.75 Å². The molecule has 0 unspecified atom stereocenters. The molecular formula is C28H28BrF2N3O3. The Morgan fingerprint density at radius 1 is 1.08 bits per heavy atom. The first-order chi connectivity index (χ1) is 17.8. The summed E-state index contributed by atoms with van der Waals surface area (Å²) in [7, 11) is 0. The van der Waals surface area contributed by atoms with E-state index in [0.717, 1.165) is 24.1 Å².